The first-order valence-corrected chi connectivity index (χ1v) is 6.73. The van der Waals surface area contributed by atoms with E-state index in [0.29, 0.717) is 21.8 Å². The number of thiocarbonyl (C=S) groups is 1. The quantitative estimate of drug-likeness (QED) is 0.497. The molecular formula is C12H15Cl2N3OS. The number of hydrogen-bond donors (Lipinski definition) is 2. The Morgan fingerprint density at radius 3 is 2.95 bits per heavy atom. The first-order chi connectivity index (χ1) is 9.04. The van der Waals surface area contributed by atoms with Gasteiger partial charge in [-0.25, -0.2) is 0 Å². The third-order valence-corrected chi connectivity index (χ3v) is 3.19. The fourth-order valence-electron chi connectivity index (χ4n) is 1.33. The third-order valence-electron chi connectivity index (χ3n) is 2.15. The molecule has 1 atom stereocenters. The van der Waals surface area contributed by atoms with Crippen molar-refractivity contribution in [1.29, 1.82) is 0 Å². The number of nitrogens with one attached hydrogen (secondary N) is 2. The Hall–Kier alpha value is -0.880. The SMILES string of the molecule is COC[C@H](C)NC(=S)N/N=C\c1cccc(Cl)c1Cl. The molecule has 0 heterocycles. The van der Waals surface area contributed by atoms with Crippen LogP contribution in [0, 0.1) is 0 Å². The molecule has 0 bridgehead atoms. The summed E-state index contributed by atoms with van der Waals surface area (Å²) < 4.78 is 4.99. The Morgan fingerprint density at radius 1 is 1.53 bits per heavy atom. The van der Waals surface area contributed by atoms with E-state index in [1.165, 1.54) is 0 Å². The summed E-state index contributed by atoms with van der Waals surface area (Å²) in [6.07, 6.45) is 1.56. The van der Waals surface area contributed by atoms with Crippen molar-refractivity contribution in [2.24, 2.45) is 5.10 Å². The molecule has 1 aromatic carbocycles. The largest absolute Gasteiger partial charge is 0.383 e. The lowest BCUT2D eigenvalue weighted by Crippen LogP contribution is -2.40. The minimum atomic E-state index is 0.106. The molecule has 0 amide bonds. The maximum atomic E-state index is 6.02. The summed E-state index contributed by atoms with van der Waals surface area (Å²) >= 11 is 17.0. The van der Waals surface area contributed by atoms with Gasteiger partial charge in [0.05, 0.1) is 22.9 Å². The average Bonchev–Trinajstić information content (AvgIpc) is 2.34. The van der Waals surface area contributed by atoms with E-state index in [-0.39, 0.29) is 6.04 Å². The number of rotatable bonds is 5. The minimum Gasteiger partial charge on any atom is -0.383 e. The van der Waals surface area contributed by atoms with Gasteiger partial charge < -0.3 is 10.1 Å². The predicted molar refractivity (Wildman–Crippen MR) is 84.3 cm³/mol. The van der Waals surface area contributed by atoms with Gasteiger partial charge in [-0.1, -0.05) is 35.3 Å². The van der Waals surface area contributed by atoms with Crippen LogP contribution in [0.5, 0.6) is 0 Å². The van der Waals surface area contributed by atoms with Crippen LogP contribution >= 0.6 is 35.4 Å². The van der Waals surface area contributed by atoms with Gasteiger partial charge in [0.15, 0.2) is 5.11 Å². The second-order valence-corrected chi connectivity index (χ2v) is 5.04. The molecule has 0 radical (unpaired) electrons. The minimum absolute atomic E-state index is 0.106. The molecule has 0 aliphatic rings. The molecule has 0 fully saturated rings. The highest BCUT2D eigenvalue weighted by molar-refractivity contribution is 7.80. The van der Waals surface area contributed by atoms with Crippen molar-refractivity contribution < 1.29 is 4.74 Å². The second kappa shape index (κ2) is 8.32. The van der Waals surface area contributed by atoms with Gasteiger partial charge in [-0.05, 0) is 25.2 Å². The monoisotopic (exact) mass is 319 g/mol. The van der Waals surface area contributed by atoms with Crippen molar-refractivity contribution in [2.75, 3.05) is 13.7 Å². The number of hydrazone groups is 1. The van der Waals surface area contributed by atoms with Gasteiger partial charge in [0, 0.05) is 18.7 Å². The Balaban J connectivity index is 2.50. The highest BCUT2D eigenvalue weighted by Gasteiger charge is 2.03. The fraction of sp³-hybridized carbons (Fsp3) is 0.333. The van der Waals surface area contributed by atoms with Crippen molar-refractivity contribution in [3.05, 3.63) is 33.8 Å². The lowest BCUT2D eigenvalue weighted by molar-refractivity contribution is 0.179. The third kappa shape index (κ3) is 5.74. The Bertz CT molecular complexity index is 468. The molecule has 0 aliphatic carbocycles. The summed E-state index contributed by atoms with van der Waals surface area (Å²) in [5.74, 6) is 0. The molecule has 0 saturated heterocycles. The number of hydrogen-bond acceptors (Lipinski definition) is 3. The van der Waals surface area contributed by atoms with E-state index in [4.69, 9.17) is 40.2 Å². The maximum Gasteiger partial charge on any atom is 0.187 e. The van der Waals surface area contributed by atoms with Crippen molar-refractivity contribution in [3.63, 3.8) is 0 Å². The Morgan fingerprint density at radius 2 is 2.26 bits per heavy atom. The summed E-state index contributed by atoms with van der Waals surface area (Å²) in [6.45, 7) is 2.51. The van der Waals surface area contributed by atoms with Gasteiger partial charge in [-0.3, -0.25) is 5.43 Å². The molecule has 104 valence electrons. The highest BCUT2D eigenvalue weighted by atomic mass is 35.5. The molecule has 0 saturated carbocycles. The average molecular weight is 320 g/mol. The van der Waals surface area contributed by atoms with Crippen LogP contribution in [0.4, 0.5) is 0 Å². The Kier molecular flexibility index (Phi) is 7.09. The number of halogens is 2. The van der Waals surface area contributed by atoms with Crippen LogP contribution in [0.3, 0.4) is 0 Å². The van der Waals surface area contributed by atoms with E-state index in [0.717, 1.165) is 5.56 Å². The molecule has 2 N–H and O–H groups in total. The normalized spacial score (nSPS) is 12.4. The molecular weight excluding hydrogens is 305 g/mol. The van der Waals surface area contributed by atoms with Crippen LogP contribution in [0.1, 0.15) is 12.5 Å². The van der Waals surface area contributed by atoms with Crippen molar-refractivity contribution in [3.8, 4) is 0 Å². The number of methoxy groups -OCH3 is 1. The lowest BCUT2D eigenvalue weighted by Gasteiger charge is -2.13. The van der Waals surface area contributed by atoms with Crippen LogP contribution < -0.4 is 10.7 Å². The summed E-state index contributed by atoms with van der Waals surface area (Å²) in [6, 6.07) is 5.43. The number of ether oxygens (including phenoxy) is 1. The smallest absolute Gasteiger partial charge is 0.187 e. The zero-order valence-corrected chi connectivity index (χ0v) is 12.9. The molecule has 1 aromatic rings. The van der Waals surface area contributed by atoms with Gasteiger partial charge in [0.2, 0.25) is 0 Å². The summed E-state index contributed by atoms with van der Waals surface area (Å²) in [5.41, 5.74) is 3.42. The standard InChI is InChI=1S/C12H15Cl2N3OS/c1-8(7-18-2)16-12(19)17-15-6-9-4-3-5-10(13)11(9)14/h3-6,8H,7H2,1-2H3,(H2,16,17,19)/b15-6-/t8-/m0/s1. The summed E-state index contributed by atoms with van der Waals surface area (Å²) in [4.78, 5) is 0. The number of benzene rings is 1. The predicted octanol–water partition coefficient (Wildman–Crippen LogP) is 2.83. The first kappa shape index (κ1) is 16.2. The molecule has 0 aromatic heterocycles. The second-order valence-electron chi connectivity index (χ2n) is 3.84. The van der Waals surface area contributed by atoms with Crippen molar-refractivity contribution in [2.45, 2.75) is 13.0 Å². The van der Waals surface area contributed by atoms with Crippen molar-refractivity contribution in [1.82, 2.24) is 10.7 Å². The molecule has 4 nitrogen and oxygen atoms in total. The van der Waals surface area contributed by atoms with Gasteiger partial charge in [-0.15, -0.1) is 0 Å². The van der Waals surface area contributed by atoms with E-state index < -0.39 is 0 Å². The van der Waals surface area contributed by atoms with Crippen LogP contribution in [-0.4, -0.2) is 31.1 Å². The van der Waals surface area contributed by atoms with Crippen LogP contribution in [0.2, 0.25) is 10.0 Å². The van der Waals surface area contributed by atoms with Gasteiger partial charge >= 0.3 is 0 Å². The molecule has 0 aliphatic heterocycles. The fourth-order valence-corrected chi connectivity index (χ4v) is 1.94. The molecule has 0 unspecified atom stereocenters. The Labute approximate surface area is 128 Å². The molecule has 19 heavy (non-hydrogen) atoms. The number of nitrogens with zero attached hydrogens (tertiary/aromatic N) is 1. The van der Waals surface area contributed by atoms with E-state index in [1.807, 2.05) is 13.0 Å². The molecule has 0 spiro atoms. The zero-order chi connectivity index (χ0) is 14.3. The van der Waals surface area contributed by atoms with E-state index in [2.05, 4.69) is 15.8 Å². The summed E-state index contributed by atoms with van der Waals surface area (Å²) in [5, 5.41) is 8.37. The van der Waals surface area contributed by atoms with Gasteiger partial charge in [-0.2, -0.15) is 5.10 Å². The van der Waals surface area contributed by atoms with Crippen LogP contribution in [-0.2, 0) is 4.74 Å². The van der Waals surface area contributed by atoms with E-state index in [1.54, 1.807) is 25.5 Å². The summed E-state index contributed by atoms with van der Waals surface area (Å²) in [7, 11) is 1.63. The van der Waals surface area contributed by atoms with Crippen LogP contribution in [0.25, 0.3) is 0 Å². The van der Waals surface area contributed by atoms with E-state index in [9.17, 15) is 0 Å². The molecule has 1 rings (SSSR count). The maximum absolute atomic E-state index is 6.02. The molecule has 7 heteroatoms. The van der Waals surface area contributed by atoms with Crippen molar-refractivity contribution >= 4 is 46.7 Å². The topological polar surface area (TPSA) is 45.6 Å². The first-order valence-electron chi connectivity index (χ1n) is 5.57. The van der Waals surface area contributed by atoms with Crippen LogP contribution in [0.15, 0.2) is 23.3 Å². The van der Waals surface area contributed by atoms with Gasteiger partial charge in [0.1, 0.15) is 0 Å². The zero-order valence-electron chi connectivity index (χ0n) is 10.6. The highest BCUT2D eigenvalue weighted by Crippen LogP contribution is 2.23. The van der Waals surface area contributed by atoms with E-state index >= 15 is 0 Å². The lowest BCUT2D eigenvalue weighted by atomic mass is 10.2. The van der Waals surface area contributed by atoms with Gasteiger partial charge in [0.25, 0.3) is 0 Å².